The van der Waals surface area contributed by atoms with Gasteiger partial charge in [0.25, 0.3) is 0 Å². The molecule has 4 heterocycles. The number of nitrogens with one attached hydrogen (secondary N) is 1. The number of hydrogen-bond donors (Lipinski definition) is 1. The van der Waals surface area contributed by atoms with Gasteiger partial charge in [0.1, 0.15) is 17.8 Å². The third-order valence-corrected chi connectivity index (χ3v) is 5.15. The van der Waals surface area contributed by atoms with E-state index in [1.54, 1.807) is 11.6 Å². The maximum Gasteiger partial charge on any atom is 0.433 e. The van der Waals surface area contributed by atoms with Crippen LogP contribution in [0.4, 0.5) is 19.0 Å². The molecule has 0 spiro atoms. The highest BCUT2D eigenvalue weighted by Gasteiger charge is 2.32. The molecule has 3 aromatic rings. The Morgan fingerprint density at radius 1 is 1.27 bits per heavy atom. The van der Waals surface area contributed by atoms with E-state index in [0.717, 1.165) is 18.7 Å². The molecule has 8 nitrogen and oxygen atoms in total. The summed E-state index contributed by atoms with van der Waals surface area (Å²) in [5, 5.41) is 3.33. The van der Waals surface area contributed by atoms with Gasteiger partial charge in [-0.15, -0.1) is 0 Å². The summed E-state index contributed by atoms with van der Waals surface area (Å²) in [4.78, 5) is 30.3. The lowest BCUT2D eigenvalue weighted by atomic mass is 10.2. The van der Waals surface area contributed by atoms with E-state index in [0.29, 0.717) is 47.9 Å². The van der Waals surface area contributed by atoms with Gasteiger partial charge in [0.05, 0.1) is 0 Å². The molecule has 1 fully saturated rings. The second kappa shape index (κ2) is 7.54. The number of nitrogens with zero attached hydrogens (tertiary/aromatic N) is 6. The minimum Gasteiger partial charge on any atom is -0.364 e. The van der Waals surface area contributed by atoms with Crippen LogP contribution in [0.15, 0.2) is 24.7 Å². The molecule has 0 radical (unpaired) electrons. The van der Waals surface area contributed by atoms with Crippen LogP contribution in [0.25, 0.3) is 22.6 Å². The van der Waals surface area contributed by atoms with Gasteiger partial charge in [0.15, 0.2) is 17.0 Å². The van der Waals surface area contributed by atoms with Crippen LogP contribution in [0.3, 0.4) is 0 Å². The summed E-state index contributed by atoms with van der Waals surface area (Å²) in [7, 11) is 1.73. The average molecular weight is 419 g/mol. The number of amides is 1. The fraction of sp³-hybridized carbons (Fsp3) is 0.421. The van der Waals surface area contributed by atoms with E-state index in [-0.39, 0.29) is 11.9 Å². The average Bonchev–Trinajstić information content (AvgIpc) is 3.32. The Morgan fingerprint density at radius 2 is 2.07 bits per heavy atom. The molecule has 30 heavy (non-hydrogen) atoms. The summed E-state index contributed by atoms with van der Waals surface area (Å²) in [6.45, 7) is 3.10. The summed E-state index contributed by atoms with van der Waals surface area (Å²) in [6.07, 6.45) is -0.683. The second-order valence-electron chi connectivity index (χ2n) is 7.14. The summed E-state index contributed by atoms with van der Waals surface area (Å²) >= 11 is 0. The summed E-state index contributed by atoms with van der Waals surface area (Å²) in [6, 6.07) is 2.30. The number of halogens is 3. The number of hydrogen-bond acceptors (Lipinski definition) is 6. The van der Waals surface area contributed by atoms with Gasteiger partial charge in [-0.1, -0.05) is 6.92 Å². The van der Waals surface area contributed by atoms with Crippen LogP contribution in [0, 0.1) is 0 Å². The van der Waals surface area contributed by atoms with Gasteiger partial charge in [0.2, 0.25) is 5.91 Å². The number of imidazole rings is 1. The summed E-state index contributed by atoms with van der Waals surface area (Å²) in [5.74, 6) is 1.07. The van der Waals surface area contributed by atoms with Gasteiger partial charge < -0.3 is 14.8 Å². The number of likely N-dealkylation sites (tertiary alicyclic amines) is 1. The fourth-order valence-electron chi connectivity index (χ4n) is 3.58. The van der Waals surface area contributed by atoms with Crippen molar-refractivity contribution in [3.8, 4) is 11.4 Å². The van der Waals surface area contributed by atoms with E-state index in [1.165, 1.54) is 12.4 Å². The normalized spacial score (nSPS) is 17.0. The van der Waals surface area contributed by atoms with Crippen LogP contribution in [0.1, 0.15) is 25.5 Å². The van der Waals surface area contributed by atoms with Crippen LogP contribution >= 0.6 is 0 Å². The lowest BCUT2D eigenvalue weighted by molar-refractivity contribution is -0.141. The molecule has 1 aliphatic rings. The SMILES string of the molecule is CCC(=O)N1CCC(Nc2ncnc3c2nc(-c2ccc(C(F)(F)F)nc2)n3C)C1. The van der Waals surface area contributed by atoms with Gasteiger partial charge in [-0.3, -0.25) is 9.78 Å². The van der Waals surface area contributed by atoms with Crippen molar-refractivity contribution in [2.75, 3.05) is 18.4 Å². The lowest BCUT2D eigenvalue weighted by Crippen LogP contribution is -2.31. The Bertz CT molecular complexity index is 1080. The third kappa shape index (κ3) is 3.66. The molecule has 1 amide bonds. The largest absolute Gasteiger partial charge is 0.433 e. The van der Waals surface area contributed by atoms with Gasteiger partial charge in [0, 0.05) is 44.4 Å². The zero-order valence-electron chi connectivity index (χ0n) is 16.4. The van der Waals surface area contributed by atoms with Gasteiger partial charge >= 0.3 is 6.18 Å². The van der Waals surface area contributed by atoms with Gasteiger partial charge in [-0.25, -0.2) is 15.0 Å². The van der Waals surface area contributed by atoms with Crippen molar-refractivity contribution in [3.63, 3.8) is 0 Å². The summed E-state index contributed by atoms with van der Waals surface area (Å²) < 4.78 is 40.0. The highest BCUT2D eigenvalue weighted by molar-refractivity contribution is 5.86. The van der Waals surface area contributed by atoms with Crippen molar-refractivity contribution in [1.82, 2.24) is 29.4 Å². The number of aryl methyl sites for hydroxylation is 1. The molecule has 3 aromatic heterocycles. The Labute approximate surface area is 170 Å². The predicted molar refractivity (Wildman–Crippen MR) is 103 cm³/mol. The summed E-state index contributed by atoms with van der Waals surface area (Å²) in [5.41, 5.74) is 0.534. The van der Waals surface area contributed by atoms with E-state index in [9.17, 15) is 18.0 Å². The quantitative estimate of drug-likeness (QED) is 0.700. The highest BCUT2D eigenvalue weighted by atomic mass is 19.4. The molecule has 1 unspecified atom stereocenters. The van der Waals surface area contributed by atoms with E-state index in [2.05, 4.69) is 25.3 Å². The van der Waals surface area contributed by atoms with Crippen molar-refractivity contribution in [2.45, 2.75) is 32.0 Å². The highest BCUT2D eigenvalue weighted by Crippen LogP contribution is 2.30. The van der Waals surface area contributed by atoms with Crippen LogP contribution in [-0.4, -0.2) is 54.4 Å². The maximum atomic E-state index is 12.8. The first kappa shape index (κ1) is 20.0. The number of pyridine rings is 1. The number of fused-ring (bicyclic) bond motifs is 1. The molecule has 0 aromatic carbocycles. The number of carbonyl (C=O) groups excluding carboxylic acids is 1. The first-order chi connectivity index (χ1) is 14.3. The van der Waals surface area contributed by atoms with Crippen molar-refractivity contribution < 1.29 is 18.0 Å². The Balaban J connectivity index is 1.62. The number of aromatic nitrogens is 5. The minimum atomic E-state index is -4.50. The maximum absolute atomic E-state index is 12.8. The molecule has 4 rings (SSSR count). The van der Waals surface area contributed by atoms with Crippen molar-refractivity contribution in [2.24, 2.45) is 7.05 Å². The van der Waals surface area contributed by atoms with Crippen molar-refractivity contribution in [1.29, 1.82) is 0 Å². The molecule has 1 N–H and O–H groups in total. The van der Waals surface area contributed by atoms with Gasteiger partial charge in [-0.2, -0.15) is 13.2 Å². The lowest BCUT2D eigenvalue weighted by Gasteiger charge is -2.16. The van der Waals surface area contributed by atoms with E-state index in [4.69, 9.17) is 0 Å². The van der Waals surface area contributed by atoms with Crippen LogP contribution in [-0.2, 0) is 18.0 Å². The van der Waals surface area contributed by atoms with E-state index >= 15 is 0 Å². The number of carbonyl (C=O) groups is 1. The Morgan fingerprint density at radius 3 is 2.73 bits per heavy atom. The van der Waals surface area contributed by atoms with Crippen molar-refractivity contribution in [3.05, 3.63) is 30.4 Å². The first-order valence-electron chi connectivity index (χ1n) is 9.53. The zero-order chi connectivity index (χ0) is 21.5. The van der Waals surface area contributed by atoms with Crippen LogP contribution < -0.4 is 5.32 Å². The van der Waals surface area contributed by atoms with E-state index in [1.807, 2.05) is 11.8 Å². The Kier molecular flexibility index (Phi) is 5.04. The molecule has 11 heteroatoms. The third-order valence-electron chi connectivity index (χ3n) is 5.15. The molecule has 1 atom stereocenters. The number of rotatable bonds is 4. The predicted octanol–water partition coefficient (Wildman–Crippen LogP) is 2.87. The van der Waals surface area contributed by atoms with Crippen molar-refractivity contribution >= 4 is 22.9 Å². The second-order valence-corrected chi connectivity index (χ2v) is 7.14. The molecule has 158 valence electrons. The number of anilines is 1. The molecule has 0 aliphatic carbocycles. The Hall–Kier alpha value is -3.24. The van der Waals surface area contributed by atoms with Crippen LogP contribution in [0.2, 0.25) is 0 Å². The van der Waals surface area contributed by atoms with Crippen LogP contribution in [0.5, 0.6) is 0 Å². The molecule has 0 saturated carbocycles. The monoisotopic (exact) mass is 419 g/mol. The zero-order valence-corrected chi connectivity index (χ0v) is 16.4. The smallest absolute Gasteiger partial charge is 0.364 e. The standard InChI is InChI=1S/C19H20F3N7O/c1-3-14(30)29-7-6-12(9-29)26-16-15-18(25-10-24-16)28(2)17(27-15)11-4-5-13(23-8-11)19(20,21)22/h4-5,8,10,12H,3,6-7,9H2,1-2H3,(H,24,25,26). The van der Waals surface area contributed by atoms with E-state index < -0.39 is 11.9 Å². The number of alkyl halides is 3. The minimum absolute atomic E-state index is 0.0387. The molecule has 1 aliphatic heterocycles. The molecular formula is C19H20F3N7O. The topological polar surface area (TPSA) is 88.8 Å². The first-order valence-corrected chi connectivity index (χ1v) is 9.53. The van der Waals surface area contributed by atoms with Gasteiger partial charge in [-0.05, 0) is 18.6 Å². The molecule has 0 bridgehead atoms. The molecule has 1 saturated heterocycles. The molecular weight excluding hydrogens is 399 g/mol. The fourth-order valence-corrected chi connectivity index (χ4v) is 3.58.